The van der Waals surface area contributed by atoms with Crippen molar-refractivity contribution in [1.29, 1.82) is 0 Å². The number of nitrogens with one attached hydrogen (secondary N) is 1. The fraction of sp³-hybridized carbons (Fsp3) is 0.562. The summed E-state index contributed by atoms with van der Waals surface area (Å²) >= 11 is 0. The van der Waals surface area contributed by atoms with Crippen LogP contribution in [0.15, 0.2) is 30.3 Å². The van der Waals surface area contributed by atoms with E-state index in [0.29, 0.717) is 12.1 Å². The molecule has 4 heteroatoms. The largest absolute Gasteiger partial charge is 0.339 e. The molecule has 3 N–H and O–H groups in total. The van der Waals surface area contributed by atoms with Crippen LogP contribution >= 0.6 is 0 Å². The van der Waals surface area contributed by atoms with E-state index in [-0.39, 0.29) is 5.91 Å². The Balaban J connectivity index is 1.78. The van der Waals surface area contributed by atoms with Gasteiger partial charge in [0.25, 0.3) is 0 Å². The fourth-order valence-electron chi connectivity index (χ4n) is 3.36. The summed E-state index contributed by atoms with van der Waals surface area (Å²) in [6, 6.07) is 10.7. The zero-order valence-corrected chi connectivity index (χ0v) is 12.0. The molecule has 2 aliphatic heterocycles. The number of hydrogen-bond donors (Lipinski definition) is 2. The highest BCUT2D eigenvalue weighted by molar-refractivity contribution is 5.87. The number of hydrogen-bond acceptors (Lipinski definition) is 3. The first-order valence-electron chi connectivity index (χ1n) is 7.47. The molecule has 3 unspecified atom stereocenters. The molecule has 0 radical (unpaired) electrons. The minimum Gasteiger partial charge on any atom is -0.339 e. The molecule has 2 bridgehead atoms. The summed E-state index contributed by atoms with van der Waals surface area (Å²) in [4.78, 5) is 14.8. The molecule has 0 saturated carbocycles. The van der Waals surface area contributed by atoms with Gasteiger partial charge in [-0.1, -0.05) is 30.3 Å². The Bertz CT molecular complexity index is 486. The first-order valence-corrected chi connectivity index (χ1v) is 7.47. The second-order valence-electron chi connectivity index (χ2n) is 6.25. The zero-order chi connectivity index (χ0) is 14.2. The number of carbonyl (C=O) groups excluding carboxylic acids is 1. The van der Waals surface area contributed by atoms with Gasteiger partial charge < -0.3 is 16.0 Å². The molecule has 2 fully saturated rings. The average molecular weight is 273 g/mol. The van der Waals surface area contributed by atoms with Crippen LogP contribution < -0.4 is 11.1 Å². The maximum absolute atomic E-state index is 12.8. The van der Waals surface area contributed by atoms with E-state index in [0.717, 1.165) is 25.1 Å². The van der Waals surface area contributed by atoms with E-state index in [1.807, 2.05) is 42.2 Å². The molecule has 0 aliphatic carbocycles. The Labute approximate surface area is 120 Å². The summed E-state index contributed by atoms with van der Waals surface area (Å²) in [6.07, 6.45) is 3.44. The van der Waals surface area contributed by atoms with Gasteiger partial charge in [-0.3, -0.25) is 4.79 Å². The number of rotatable bonds is 2. The molecule has 3 rings (SSSR count). The van der Waals surface area contributed by atoms with Crippen LogP contribution in [0.3, 0.4) is 0 Å². The summed E-state index contributed by atoms with van der Waals surface area (Å²) in [6.45, 7) is 3.42. The molecular formula is C16H23N3O. The van der Waals surface area contributed by atoms with Crippen LogP contribution in [0.5, 0.6) is 0 Å². The summed E-state index contributed by atoms with van der Waals surface area (Å²) in [7, 11) is 0. The molecule has 2 heterocycles. The molecule has 1 aromatic rings. The summed E-state index contributed by atoms with van der Waals surface area (Å²) in [5, 5.41) is 3.59. The average Bonchev–Trinajstić information content (AvgIpc) is 2.78. The van der Waals surface area contributed by atoms with E-state index >= 15 is 0 Å². The Hall–Kier alpha value is -1.39. The number of likely N-dealkylation sites (tertiary alicyclic amines) is 1. The minimum atomic E-state index is -0.940. The summed E-state index contributed by atoms with van der Waals surface area (Å²) < 4.78 is 0. The Morgan fingerprint density at radius 3 is 2.70 bits per heavy atom. The van der Waals surface area contributed by atoms with Crippen molar-refractivity contribution in [3.05, 3.63) is 35.9 Å². The van der Waals surface area contributed by atoms with Crippen LogP contribution in [0.25, 0.3) is 0 Å². The number of benzene rings is 1. The van der Waals surface area contributed by atoms with Crippen LogP contribution in [0.4, 0.5) is 0 Å². The second-order valence-corrected chi connectivity index (χ2v) is 6.25. The number of fused-ring (bicyclic) bond motifs is 2. The van der Waals surface area contributed by atoms with Gasteiger partial charge in [-0.05, 0) is 31.7 Å². The van der Waals surface area contributed by atoms with Crippen LogP contribution in [0.1, 0.15) is 31.7 Å². The highest BCUT2D eigenvalue weighted by atomic mass is 16.2. The standard InChI is InChI=1S/C16H23N3O/c1-16(17,12-5-3-2-4-6-12)15(20)19-10-9-13-7-8-14(11-19)18-13/h2-6,13-14,18H,7-11,17H2,1H3. The third-order valence-electron chi connectivity index (χ3n) is 4.63. The highest BCUT2D eigenvalue weighted by Gasteiger charge is 2.38. The predicted octanol–water partition coefficient (Wildman–Crippen LogP) is 1.21. The smallest absolute Gasteiger partial charge is 0.247 e. The molecule has 1 amide bonds. The van der Waals surface area contributed by atoms with Crippen molar-refractivity contribution in [2.45, 2.75) is 43.8 Å². The molecule has 2 aliphatic rings. The van der Waals surface area contributed by atoms with E-state index in [2.05, 4.69) is 5.32 Å². The van der Waals surface area contributed by atoms with E-state index in [4.69, 9.17) is 5.73 Å². The molecule has 0 aromatic heterocycles. The van der Waals surface area contributed by atoms with Gasteiger partial charge in [-0.25, -0.2) is 0 Å². The third-order valence-corrected chi connectivity index (χ3v) is 4.63. The highest BCUT2D eigenvalue weighted by Crippen LogP contribution is 2.25. The molecule has 2 saturated heterocycles. The van der Waals surface area contributed by atoms with Crippen LogP contribution in [-0.2, 0) is 10.3 Å². The minimum absolute atomic E-state index is 0.0399. The van der Waals surface area contributed by atoms with Gasteiger partial charge in [-0.15, -0.1) is 0 Å². The third kappa shape index (κ3) is 2.45. The molecule has 3 atom stereocenters. The number of nitrogens with zero attached hydrogens (tertiary/aromatic N) is 1. The van der Waals surface area contributed by atoms with Crippen LogP contribution in [0, 0.1) is 0 Å². The lowest BCUT2D eigenvalue weighted by molar-refractivity contribution is -0.137. The van der Waals surface area contributed by atoms with Gasteiger partial charge in [-0.2, -0.15) is 0 Å². The molecule has 1 aromatic carbocycles. The normalized spacial score (nSPS) is 28.8. The molecule has 108 valence electrons. The van der Waals surface area contributed by atoms with Crippen molar-refractivity contribution in [3.8, 4) is 0 Å². The zero-order valence-electron chi connectivity index (χ0n) is 12.0. The monoisotopic (exact) mass is 273 g/mol. The lowest BCUT2D eigenvalue weighted by Crippen LogP contribution is -2.52. The van der Waals surface area contributed by atoms with Crippen molar-refractivity contribution >= 4 is 5.91 Å². The topological polar surface area (TPSA) is 58.4 Å². The van der Waals surface area contributed by atoms with Gasteiger partial charge in [0.1, 0.15) is 5.54 Å². The van der Waals surface area contributed by atoms with E-state index in [1.165, 1.54) is 12.8 Å². The van der Waals surface area contributed by atoms with Crippen LogP contribution in [-0.4, -0.2) is 36.0 Å². The molecule has 4 nitrogen and oxygen atoms in total. The van der Waals surface area contributed by atoms with Gasteiger partial charge in [0.2, 0.25) is 5.91 Å². The number of carbonyl (C=O) groups is 1. The van der Waals surface area contributed by atoms with Gasteiger partial charge >= 0.3 is 0 Å². The maximum atomic E-state index is 12.8. The number of nitrogens with two attached hydrogens (primary N) is 1. The first kappa shape index (κ1) is 13.6. The lowest BCUT2D eigenvalue weighted by Gasteiger charge is -2.33. The summed E-state index contributed by atoms with van der Waals surface area (Å²) in [5.74, 6) is 0.0399. The van der Waals surface area contributed by atoms with E-state index in [9.17, 15) is 4.79 Å². The van der Waals surface area contributed by atoms with Gasteiger partial charge in [0.15, 0.2) is 0 Å². The Morgan fingerprint density at radius 1 is 1.25 bits per heavy atom. The predicted molar refractivity (Wildman–Crippen MR) is 79.1 cm³/mol. The van der Waals surface area contributed by atoms with Crippen molar-refractivity contribution in [3.63, 3.8) is 0 Å². The van der Waals surface area contributed by atoms with Gasteiger partial charge in [0.05, 0.1) is 0 Å². The Kier molecular flexibility index (Phi) is 3.52. The first-order chi connectivity index (χ1) is 9.57. The Morgan fingerprint density at radius 2 is 1.95 bits per heavy atom. The quantitative estimate of drug-likeness (QED) is 0.851. The SMILES string of the molecule is CC(N)(C(=O)N1CCC2CCC(C1)N2)c1ccccc1. The van der Waals surface area contributed by atoms with E-state index in [1.54, 1.807) is 0 Å². The second kappa shape index (κ2) is 5.19. The summed E-state index contributed by atoms with van der Waals surface area (Å²) in [5.41, 5.74) is 6.29. The fourth-order valence-corrected chi connectivity index (χ4v) is 3.36. The van der Waals surface area contributed by atoms with Crippen molar-refractivity contribution < 1.29 is 4.79 Å². The maximum Gasteiger partial charge on any atom is 0.247 e. The molecule has 0 spiro atoms. The van der Waals surface area contributed by atoms with Crippen molar-refractivity contribution in [2.75, 3.05) is 13.1 Å². The molecular weight excluding hydrogens is 250 g/mol. The van der Waals surface area contributed by atoms with Crippen molar-refractivity contribution in [1.82, 2.24) is 10.2 Å². The van der Waals surface area contributed by atoms with Crippen molar-refractivity contribution in [2.24, 2.45) is 5.73 Å². The van der Waals surface area contributed by atoms with E-state index < -0.39 is 5.54 Å². The number of amides is 1. The van der Waals surface area contributed by atoms with Crippen LogP contribution in [0.2, 0.25) is 0 Å². The molecule has 20 heavy (non-hydrogen) atoms. The lowest BCUT2D eigenvalue weighted by atomic mass is 9.91. The van der Waals surface area contributed by atoms with Gasteiger partial charge in [0, 0.05) is 25.2 Å².